The van der Waals surface area contributed by atoms with E-state index in [1.807, 2.05) is 0 Å². The highest BCUT2D eigenvalue weighted by atomic mass is 32.2. The molecule has 1 N–H and O–H groups in total. The summed E-state index contributed by atoms with van der Waals surface area (Å²) in [6.45, 7) is 1.79. The second-order valence-electron chi connectivity index (χ2n) is 4.29. The first-order valence-corrected chi connectivity index (χ1v) is 7.63. The smallest absolute Gasteiger partial charge is 0.263 e. The summed E-state index contributed by atoms with van der Waals surface area (Å²) in [5.41, 5.74) is 0.725. The van der Waals surface area contributed by atoms with E-state index in [1.165, 1.54) is 32.4 Å². The zero-order valence-corrected chi connectivity index (χ0v) is 12.8. The number of sulfonamides is 1. The van der Waals surface area contributed by atoms with Crippen LogP contribution < -0.4 is 14.2 Å². The third kappa shape index (κ3) is 3.43. The number of anilines is 1. The van der Waals surface area contributed by atoms with Crippen molar-refractivity contribution < 1.29 is 17.9 Å². The van der Waals surface area contributed by atoms with Crippen LogP contribution >= 0.6 is 0 Å². The standard InChI is InChI=1S/C14H16N2O4S/c1-10-5-4-6-14(15-10)16-21(17,18)11-7-8-12(19-2)13(9-11)20-3/h4-9H,1-3H3,(H,15,16). The van der Waals surface area contributed by atoms with Crippen LogP contribution in [0.1, 0.15) is 5.69 Å². The Kier molecular flexibility index (Phi) is 4.32. The molecule has 0 fully saturated rings. The molecule has 1 aromatic heterocycles. The summed E-state index contributed by atoms with van der Waals surface area (Å²) in [5.74, 6) is 1.08. The molecule has 1 heterocycles. The lowest BCUT2D eigenvalue weighted by Gasteiger charge is -2.11. The van der Waals surface area contributed by atoms with Crippen LogP contribution in [0.15, 0.2) is 41.3 Å². The minimum Gasteiger partial charge on any atom is -0.493 e. The van der Waals surface area contributed by atoms with Crippen LogP contribution in [0.3, 0.4) is 0 Å². The Hall–Kier alpha value is -2.28. The van der Waals surface area contributed by atoms with Crippen molar-refractivity contribution in [2.75, 3.05) is 18.9 Å². The van der Waals surface area contributed by atoms with Gasteiger partial charge in [-0.15, -0.1) is 0 Å². The highest BCUT2D eigenvalue weighted by Gasteiger charge is 2.17. The van der Waals surface area contributed by atoms with Gasteiger partial charge in [0.25, 0.3) is 10.0 Å². The van der Waals surface area contributed by atoms with Gasteiger partial charge in [0.1, 0.15) is 5.82 Å². The fraction of sp³-hybridized carbons (Fsp3) is 0.214. The van der Waals surface area contributed by atoms with Crippen LogP contribution in [0.5, 0.6) is 11.5 Å². The number of methoxy groups -OCH3 is 2. The van der Waals surface area contributed by atoms with Crippen molar-refractivity contribution in [3.05, 3.63) is 42.1 Å². The van der Waals surface area contributed by atoms with Crippen molar-refractivity contribution in [1.29, 1.82) is 0 Å². The SMILES string of the molecule is COc1ccc(S(=O)(=O)Nc2cccc(C)n2)cc1OC. The van der Waals surface area contributed by atoms with Crippen LogP contribution in [-0.2, 0) is 10.0 Å². The molecular formula is C14H16N2O4S. The van der Waals surface area contributed by atoms with Gasteiger partial charge in [-0.05, 0) is 31.2 Å². The number of hydrogen-bond acceptors (Lipinski definition) is 5. The molecule has 0 radical (unpaired) electrons. The van der Waals surface area contributed by atoms with Gasteiger partial charge >= 0.3 is 0 Å². The first-order valence-electron chi connectivity index (χ1n) is 6.15. The fourth-order valence-electron chi connectivity index (χ4n) is 1.78. The molecule has 0 aliphatic carbocycles. The van der Waals surface area contributed by atoms with Crippen molar-refractivity contribution in [3.63, 3.8) is 0 Å². The van der Waals surface area contributed by atoms with Crippen LogP contribution in [-0.4, -0.2) is 27.6 Å². The molecule has 2 aromatic rings. The first-order chi connectivity index (χ1) is 9.96. The van der Waals surface area contributed by atoms with Gasteiger partial charge < -0.3 is 9.47 Å². The molecule has 0 amide bonds. The number of nitrogens with one attached hydrogen (secondary N) is 1. The number of hydrogen-bond donors (Lipinski definition) is 1. The number of benzene rings is 1. The van der Waals surface area contributed by atoms with Gasteiger partial charge in [0.15, 0.2) is 11.5 Å². The minimum absolute atomic E-state index is 0.0726. The van der Waals surface area contributed by atoms with Crippen LogP contribution in [0.2, 0.25) is 0 Å². The summed E-state index contributed by atoms with van der Waals surface area (Å²) in [5, 5.41) is 0. The van der Waals surface area contributed by atoms with Crippen molar-refractivity contribution in [2.45, 2.75) is 11.8 Å². The van der Waals surface area contributed by atoms with Crippen LogP contribution in [0.25, 0.3) is 0 Å². The lowest BCUT2D eigenvalue weighted by Crippen LogP contribution is -2.14. The average Bonchev–Trinajstić information content (AvgIpc) is 2.46. The second-order valence-corrected chi connectivity index (χ2v) is 5.97. The van der Waals surface area contributed by atoms with Gasteiger partial charge in [-0.25, -0.2) is 13.4 Å². The van der Waals surface area contributed by atoms with E-state index in [0.29, 0.717) is 11.5 Å². The number of nitrogens with zero attached hydrogens (tertiary/aromatic N) is 1. The van der Waals surface area contributed by atoms with E-state index in [1.54, 1.807) is 25.1 Å². The predicted molar refractivity (Wildman–Crippen MR) is 79.3 cm³/mol. The molecule has 21 heavy (non-hydrogen) atoms. The van der Waals surface area contributed by atoms with E-state index in [-0.39, 0.29) is 10.7 Å². The monoisotopic (exact) mass is 308 g/mol. The number of pyridine rings is 1. The first kappa shape index (κ1) is 15.1. The van der Waals surface area contributed by atoms with E-state index < -0.39 is 10.0 Å². The molecule has 0 unspecified atom stereocenters. The summed E-state index contributed by atoms with van der Waals surface area (Å²) in [6, 6.07) is 9.49. The summed E-state index contributed by atoms with van der Waals surface area (Å²) < 4.78 is 37.3. The highest BCUT2D eigenvalue weighted by Crippen LogP contribution is 2.29. The van der Waals surface area contributed by atoms with E-state index >= 15 is 0 Å². The Morgan fingerprint density at radius 3 is 2.38 bits per heavy atom. The van der Waals surface area contributed by atoms with Crippen LogP contribution in [0.4, 0.5) is 5.82 Å². The number of aromatic nitrogens is 1. The molecule has 0 atom stereocenters. The lowest BCUT2D eigenvalue weighted by molar-refractivity contribution is 0.354. The summed E-state index contributed by atoms with van der Waals surface area (Å²) in [6.07, 6.45) is 0. The van der Waals surface area contributed by atoms with E-state index in [4.69, 9.17) is 9.47 Å². The third-order valence-electron chi connectivity index (χ3n) is 2.79. The molecule has 0 aliphatic rings. The molecule has 0 bridgehead atoms. The molecule has 0 aliphatic heterocycles. The van der Waals surface area contributed by atoms with Crippen molar-refractivity contribution >= 4 is 15.8 Å². The summed E-state index contributed by atoms with van der Waals surface area (Å²) in [7, 11) is -0.800. The molecule has 112 valence electrons. The van der Waals surface area contributed by atoms with Gasteiger partial charge in [-0.3, -0.25) is 4.72 Å². The molecule has 6 nitrogen and oxygen atoms in total. The third-order valence-corrected chi connectivity index (χ3v) is 4.14. The molecule has 0 saturated carbocycles. The van der Waals surface area contributed by atoms with Gasteiger partial charge in [-0.2, -0.15) is 0 Å². The van der Waals surface area contributed by atoms with E-state index in [9.17, 15) is 8.42 Å². The minimum atomic E-state index is -3.74. The maximum atomic E-state index is 12.3. The van der Waals surface area contributed by atoms with E-state index in [0.717, 1.165) is 5.69 Å². The van der Waals surface area contributed by atoms with Crippen molar-refractivity contribution in [1.82, 2.24) is 4.98 Å². The van der Waals surface area contributed by atoms with E-state index in [2.05, 4.69) is 9.71 Å². The largest absolute Gasteiger partial charge is 0.493 e. The Balaban J connectivity index is 2.35. The molecule has 1 aromatic carbocycles. The molecule has 0 spiro atoms. The zero-order valence-electron chi connectivity index (χ0n) is 12.0. The average molecular weight is 308 g/mol. The number of ether oxygens (including phenoxy) is 2. The Labute approximate surface area is 123 Å². The maximum Gasteiger partial charge on any atom is 0.263 e. The van der Waals surface area contributed by atoms with Crippen LogP contribution in [0, 0.1) is 6.92 Å². The lowest BCUT2D eigenvalue weighted by atomic mass is 10.3. The highest BCUT2D eigenvalue weighted by molar-refractivity contribution is 7.92. The molecular weight excluding hydrogens is 292 g/mol. The zero-order chi connectivity index (χ0) is 15.5. The van der Waals surface area contributed by atoms with Gasteiger partial charge in [-0.1, -0.05) is 6.07 Å². The second kappa shape index (κ2) is 6.01. The Bertz CT molecular complexity index is 744. The normalized spacial score (nSPS) is 11.0. The number of aryl methyl sites for hydroxylation is 1. The fourth-order valence-corrected chi connectivity index (χ4v) is 2.80. The van der Waals surface area contributed by atoms with Gasteiger partial charge in [0, 0.05) is 11.8 Å². The Morgan fingerprint density at radius 2 is 1.76 bits per heavy atom. The van der Waals surface area contributed by atoms with Crippen molar-refractivity contribution in [3.8, 4) is 11.5 Å². The van der Waals surface area contributed by atoms with Gasteiger partial charge in [0.2, 0.25) is 0 Å². The quantitative estimate of drug-likeness (QED) is 0.916. The summed E-state index contributed by atoms with van der Waals surface area (Å²) in [4.78, 5) is 4.19. The topological polar surface area (TPSA) is 77.5 Å². The maximum absolute atomic E-state index is 12.3. The van der Waals surface area contributed by atoms with Crippen molar-refractivity contribution in [2.24, 2.45) is 0 Å². The number of rotatable bonds is 5. The van der Waals surface area contributed by atoms with Gasteiger partial charge in [0.05, 0.1) is 19.1 Å². The molecule has 7 heteroatoms. The summed E-state index contributed by atoms with van der Waals surface area (Å²) >= 11 is 0. The Morgan fingerprint density at radius 1 is 1.05 bits per heavy atom. The molecule has 0 saturated heterocycles. The molecule has 2 rings (SSSR count). The predicted octanol–water partition coefficient (Wildman–Crippen LogP) is 2.21.